The molecule has 2 N–H and O–H groups in total. The fraction of sp³-hybridized carbons (Fsp3) is 0.263. The molecule has 1 aromatic heterocycles. The maximum absolute atomic E-state index is 13.5. The molecule has 0 aliphatic heterocycles. The largest absolute Gasteiger partial charge is 0.347 e. The smallest absolute Gasteiger partial charge is 0.123 e. The third kappa shape index (κ3) is 2.77. The average Bonchev–Trinajstić information content (AvgIpc) is 2.90. The predicted molar refractivity (Wildman–Crippen MR) is 89.5 cm³/mol. The first-order valence-corrected chi connectivity index (χ1v) is 7.75. The van der Waals surface area contributed by atoms with Gasteiger partial charge in [0, 0.05) is 29.6 Å². The van der Waals surface area contributed by atoms with E-state index in [0.29, 0.717) is 6.54 Å². The fourth-order valence-corrected chi connectivity index (χ4v) is 3.11. The van der Waals surface area contributed by atoms with E-state index in [9.17, 15) is 4.39 Å². The van der Waals surface area contributed by atoms with Crippen molar-refractivity contribution in [1.29, 1.82) is 0 Å². The summed E-state index contributed by atoms with van der Waals surface area (Å²) in [4.78, 5) is 0. The highest BCUT2D eigenvalue weighted by atomic mass is 19.1. The van der Waals surface area contributed by atoms with Gasteiger partial charge in [0.05, 0.1) is 0 Å². The molecule has 0 aliphatic rings. The molecule has 1 atom stereocenters. The number of aryl methyl sites for hydroxylation is 1. The lowest BCUT2D eigenvalue weighted by Crippen LogP contribution is -2.15. The minimum Gasteiger partial charge on any atom is -0.347 e. The van der Waals surface area contributed by atoms with Gasteiger partial charge in [0.1, 0.15) is 5.82 Å². The molecule has 0 bridgehead atoms. The van der Waals surface area contributed by atoms with Gasteiger partial charge in [-0.05, 0) is 49.2 Å². The molecule has 2 nitrogen and oxygen atoms in total. The molecule has 1 heterocycles. The van der Waals surface area contributed by atoms with Gasteiger partial charge in [0.15, 0.2) is 0 Å². The number of halogens is 1. The van der Waals surface area contributed by atoms with E-state index in [1.165, 1.54) is 22.5 Å². The van der Waals surface area contributed by atoms with Crippen molar-refractivity contribution >= 4 is 10.9 Å². The average molecular weight is 296 g/mol. The SMILES string of the molecule is CCn1cc(CC(CN)c2cccc(F)c2)c2ccccc21. The standard InChI is InChI=1S/C19H21FN2/c1-2-22-13-16(18-8-3-4-9-19(18)22)10-15(12-21)14-6-5-7-17(20)11-14/h3-9,11,13,15H,2,10,12,21H2,1H3. The van der Waals surface area contributed by atoms with Gasteiger partial charge in [-0.3, -0.25) is 0 Å². The zero-order chi connectivity index (χ0) is 15.5. The molecule has 3 aromatic rings. The predicted octanol–water partition coefficient (Wildman–Crippen LogP) is 4.09. The molecule has 0 amide bonds. The molecular formula is C19H21FN2. The van der Waals surface area contributed by atoms with Crippen LogP contribution in [0, 0.1) is 5.82 Å². The lowest BCUT2D eigenvalue weighted by atomic mass is 9.92. The maximum Gasteiger partial charge on any atom is 0.123 e. The molecule has 0 saturated heterocycles. The number of hydrogen-bond donors (Lipinski definition) is 1. The van der Waals surface area contributed by atoms with Crippen LogP contribution >= 0.6 is 0 Å². The van der Waals surface area contributed by atoms with Gasteiger partial charge in [-0.25, -0.2) is 4.39 Å². The summed E-state index contributed by atoms with van der Waals surface area (Å²) in [5, 5.41) is 1.26. The zero-order valence-electron chi connectivity index (χ0n) is 12.8. The van der Waals surface area contributed by atoms with E-state index in [2.05, 4.69) is 42.0 Å². The summed E-state index contributed by atoms with van der Waals surface area (Å²) in [6, 6.07) is 15.2. The van der Waals surface area contributed by atoms with Crippen molar-refractivity contribution in [2.45, 2.75) is 25.8 Å². The van der Waals surface area contributed by atoms with E-state index in [4.69, 9.17) is 5.73 Å². The van der Waals surface area contributed by atoms with Gasteiger partial charge < -0.3 is 10.3 Å². The Bertz CT molecular complexity index is 776. The Labute approximate surface area is 130 Å². The van der Waals surface area contributed by atoms with Gasteiger partial charge in [0.2, 0.25) is 0 Å². The van der Waals surface area contributed by atoms with E-state index in [0.717, 1.165) is 18.5 Å². The quantitative estimate of drug-likeness (QED) is 0.755. The number of nitrogens with two attached hydrogens (primary N) is 1. The number of fused-ring (bicyclic) bond motifs is 1. The van der Waals surface area contributed by atoms with Gasteiger partial charge in [-0.15, -0.1) is 0 Å². The Kier molecular flexibility index (Phi) is 4.25. The third-order valence-corrected chi connectivity index (χ3v) is 4.28. The number of rotatable bonds is 5. The number of nitrogens with zero attached hydrogens (tertiary/aromatic N) is 1. The van der Waals surface area contributed by atoms with E-state index < -0.39 is 0 Å². The third-order valence-electron chi connectivity index (χ3n) is 4.28. The Balaban J connectivity index is 1.97. The maximum atomic E-state index is 13.5. The topological polar surface area (TPSA) is 30.9 Å². The molecular weight excluding hydrogens is 275 g/mol. The van der Waals surface area contributed by atoms with Crippen molar-refractivity contribution < 1.29 is 4.39 Å². The summed E-state index contributed by atoms with van der Waals surface area (Å²) in [6.07, 6.45) is 3.03. The minimum atomic E-state index is -0.202. The van der Waals surface area contributed by atoms with Gasteiger partial charge >= 0.3 is 0 Å². The highest BCUT2D eigenvalue weighted by Gasteiger charge is 2.15. The van der Waals surface area contributed by atoms with Crippen LogP contribution in [0.1, 0.15) is 24.0 Å². The Hall–Kier alpha value is -2.13. The Morgan fingerprint density at radius 3 is 2.68 bits per heavy atom. The van der Waals surface area contributed by atoms with Crippen LogP contribution in [0.15, 0.2) is 54.7 Å². The molecule has 22 heavy (non-hydrogen) atoms. The molecule has 0 aliphatic carbocycles. The van der Waals surface area contributed by atoms with Crippen molar-refractivity contribution in [2.24, 2.45) is 5.73 Å². The molecule has 0 spiro atoms. The normalized spacial score (nSPS) is 12.7. The highest BCUT2D eigenvalue weighted by Crippen LogP contribution is 2.27. The first-order chi connectivity index (χ1) is 10.7. The molecule has 3 heteroatoms. The lowest BCUT2D eigenvalue weighted by molar-refractivity contribution is 0.616. The summed E-state index contributed by atoms with van der Waals surface area (Å²) >= 11 is 0. The van der Waals surface area contributed by atoms with Crippen LogP contribution in [0.2, 0.25) is 0 Å². The van der Waals surface area contributed by atoms with Gasteiger partial charge in [-0.2, -0.15) is 0 Å². The molecule has 0 saturated carbocycles. The molecule has 0 fully saturated rings. The van der Waals surface area contributed by atoms with E-state index in [1.54, 1.807) is 12.1 Å². The number of hydrogen-bond acceptors (Lipinski definition) is 1. The van der Waals surface area contributed by atoms with Crippen molar-refractivity contribution in [1.82, 2.24) is 4.57 Å². The summed E-state index contributed by atoms with van der Waals surface area (Å²) < 4.78 is 15.7. The summed E-state index contributed by atoms with van der Waals surface area (Å²) in [7, 11) is 0. The van der Waals surface area contributed by atoms with Crippen molar-refractivity contribution in [3.05, 3.63) is 71.7 Å². The zero-order valence-corrected chi connectivity index (χ0v) is 12.8. The summed E-state index contributed by atoms with van der Waals surface area (Å²) in [5.41, 5.74) is 9.45. The first-order valence-electron chi connectivity index (χ1n) is 7.75. The monoisotopic (exact) mass is 296 g/mol. The molecule has 0 radical (unpaired) electrons. The van der Waals surface area contributed by atoms with Crippen molar-refractivity contribution in [3.63, 3.8) is 0 Å². The number of aromatic nitrogens is 1. The first kappa shape index (κ1) is 14.8. The van der Waals surface area contributed by atoms with E-state index in [1.807, 2.05) is 6.07 Å². The van der Waals surface area contributed by atoms with Crippen LogP contribution in [0.3, 0.4) is 0 Å². The Morgan fingerprint density at radius 2 is 1.95 bits per heavy atom. The fourth-order valence-electron chi connectivity index (χ4n) is 3.11. The van der Waals surface area contributed by atoms with Crippen LogP contribution in [0.4, 0.5) is 4.39 Å². The highest BCUT2D eigenvalue weighted by molar-refractivity contribution is 5.84. The summed E-state index contributed by atoms with van der Waals surface area (Å²) in [5.74, 6) is -0.0706. The summed E-state index contributed by atoms with van der Waals surface area (Å²) in [6.45, 7) is 3.59. The molecule has 1 unspecified atom stereocenters. The van der Waals surface area contributed by atoms with Gasteiger partial charge in [0.25, 0.3) is 0 Å². The molecule has 3 rings (SSSR count). The van der Waals surface area contributed by atoms with Crippen molar-refractivity contribution in [2.75, 3.05) is 6.54 Å². The second-order valence-electron chi connectivity index (χ2n) is 5.65. The van der Waals surface area contributed by atoms with Crippen LogP contribution in [-0.2, 0) is 13.0 Å². The molecule has 114 valence electrons. The number of benzene rings is 2. The number of para-hydroxylation sites is 1. The van der Waals surface area contributed by atoms with E-state index in [-0.39, 0.29) is 11.7 Å². The van der Waals surface area contributed by atoms with Crippen LogP contribution in [-0.4, -0.2) is 11.1 Å². The van der Waals surface area contributed by atoms with Crippen LogP contribution in [0.25, 0.3) is 10.9 Å². The lowest BCUT2D eigenvalue weighted by Gasteiger charge is -2.15. The molecule has 2 aromatic carbocycles. The second kappa shape index (κ2) is 6.32. The second-order valence-corrected chi connectivity index (χ2v) is 5.65. The van der Waals surface area contributed by atoms with E-state index >= 15 is 0 Å². The van der Waals surface area contributed by atoms with Crippen LogP contribution in [0.5, 0.6) is 0 Å². The van der Waals surface area contributed by atoms with Crippen LogP contribution < -0.4 is 5.73 Å². The van der Waals surface area contributed by atoms with Gasteiger partial charge in [-0.1, -0.05) is 30.3 Å². The Morgan fingerprint density at radius 1 is 1.14 bits per heavy atom. The van der Waals surface area contributed by atoms with Crippen molar-refractivity contribution in [3.8, 4) is 0 Å². The minimum absolute atomic E-state index is 0.131.